The molecule has 4 unspecified atom stereocenters. The molecular weight excluding hydrogens is 268 g/mol. The summed E-state index contributed by atoms with van der Waals surface area (Å²) in [5, 5.41) is 51.0. The quantitative estimate of drug-likeness (QED) is 0.472. The van der Waals surface area contributed by atoms with Crippen molar-refractivity contribution in [2.24, 2.45) is 0 Å². The molecule has 1 aliphatic heterocycles. The van der Waals surface area contributed by atoms with Gasteiger partial charge in [0.2, 0.25) is 0 Å². The molecule has 0 saturated carbocycles. The molecule has 20 heavy (non-hydrogen) atoms. The van der Waals surface area contributed by atoms with E-state index in [2.05, 4.69) is 5.32 Å². The molecule has 0 amide bonds. The van der Waals surface area contributed by atoms with Crippen LogP contribution in [0, 0.1) is 12.1 Å². The normalized spacial score (nSPS) is 30.1. The second-order valence-electron chi connectivity index (χ2n) is 4.72. The molecule has 0 aliphatic carbocycles. The fourth-order valence-electron chi connectivity index (χ4n) is 1.97. The Balaban J connectivity index is 2.15. The Morgan fingerprint density at radius 1 is 1.30 bits per heavy atom. The van der Waals surface area contributed by atoms with Crippen molar-refractivity contribution in [3.05, 3.63) is 29.0 Å². The standard InChI is InChI=1S/C12H17N2O6/c1-6-2-3-7(14(18)19)4-8(6)13-12-11(17)10(16)9(15)5-20-12/h2-4,9-13,15-18H,5H2,1H3/q-1. The Labute approximate surface area is 115 Å². The number of hydrogen-bond acceptors (Lipinski definition) is 8. The number of hydrogen-bond donors (Lipinski definition) is 5. The van der Waals surface area contributed by atoms with Gasteiger partial charge in [0.05, 0.1) is 12.3 Å². The SMILES string of the molecule is Cc1ccc(N([O-])O)cc1NC1OCC(O)C(O)C1O. The number of aliphatic hydroxyl groups is 3. The Morgan fingerprint density at radius 2 is 2.00 bits per heavy atom. The highest BCUT2D eigenvalue weighted by atomic mass is 16.8. The zero-order chi connectivity index (χ0) is 14.9. The van der Waals surface area contributed by atoms with E-state index in [1.165, 1.54) is 12.1 Å². The van der Waals surface area contributed by atoms with Gasteiger partial charge in [-0.25, -0.2) is 0 Å². The molecule has 1 aromatic rings. The number of rotatable bonds is 3. The van der Waals surface area contributed by atoms with Crippen molar-refractivity contribution in [1.82, 2.24) is 0 Å². The molecular formula is C12H17N2O6-. The third-order valence-corrected chi connectivity index (χ3v) is 3.24. The zero-order valence-corrected chi connectivity index (χ0v) is 10.8. The molecule has 8 heteroatoms. The molecule has 0 bridgehead atoms. The van der Waals surface area contributed by atoms with Crippen molar-refractivity contribution < 1.29 is 25.3 Å². The van der Waals surface area contributed by atoms with E-state index >= 15 is 0 Å². The predicted octanol–water partition coefficient (Wildman–Crippen LogP) is -0.461. The Morgan fingerprint density at radius 3 is 2.65 bits per heavy atom. The fourth-order valence-corrected chi connectivity index (χ4v) is 1.97. The van der Waals surface area contributed by atoms with Gasteiger partial charge in [-0.05, 0) is 24.6 Å². The number of anilines is 2. The third kappa shape index (κ3) is 3.01. The van der Waals surface area contributed by atoms with E-state index in [0.29, 0.717) is 5.69 Å². The smallest absolute Gasteiger partial charge is 0.156 e. The minimum atomic E-state index is -1.32. The van der Waals surface area contributed by atoms with Crippen LogP contribution in [0.1, 0.15) is 5.56 Å². The van der Waals surface area contributed by atoms with Gasteiger partial charge in [0.1, 0.15) is 18.3 Å². The topological polar surface area (TPSA) is 128 Å². The van der Waals surface area contributed by atoms with Crippen molar-refractivity contribution in [2.75, 3.05) is 17.2 Å². The number of benzene rings is 1. The van der Waals surface area contributed by atoms with Crippen LogP contribution in [0.3, 0.4) is 0 Å². The molecule has 4 atom stereocenters. The van der Waals surface area contributed by atoms with E-state index in [1.54, 1.807) is 13.0 Å². The molecule has 1 aliphatic rings. The first-order valence-corrected chi connectivity index (χ1v) is 6.09. The largest absolute Gasteiger partial charge is 0.733 e. The van der Waals surface area contributed by atoms with E-state index < -0.39 is 24.5 Å². The van der Waals surface area contributed by atoms with Crippen LogP contribution >= 0.6 is 0 Å². The highest BCUT2D eigenvalue weighted by Gasteiger charge is 2.37. The number of aryl methyl sites for hydroxylation is 1. The van der Waals surface area contributed by atoms with Crippen molar-refractivity contribution >= 4 is 11.4 Å². The van der Waals surface area contributed by atoms with E-state index in [-0.39, 0.29) is 17.5 Å². The van der Waals surface area contributed by atoms with Crippen LogP contribution in [0.2, 0.25) is 0 Å². The molecule has 8 nitrogen and oxygen atoms in total. The van der Waals surface area contributed by atoms with Gasteiger partial charge >= 0.3 is 0 Å². The van der Waals surface area contributed by atoms with Crippen LogP contribution in [0.25, 0.3) is 0 Å². The van der Waals surface area contributed by atoms with Crippen molar-refractivity contribution in [1.29, 1.82) is 0 Å². The molecule has 1 aromatic carbocycles. The summed E-state index contributed by atoms with van der Waals surface area (Å²) in [6.45, 7) is 1.64. The lowest BCUT2D eigenvalue weighted by Gasteiger charge is -2.36. The Kier molecular flexibility index (Phi) is 4.43. The number of ether oxygens (including phenoxy) is 1. The van der Waals surface area contributed by atoms with Gasteiger partial charge in [-0.3, -0.25) is 5.21 Å². The molecule has 2 rings (SSSR count). The summed E-state index contributed by atoms with van der Waals surface area (Å²) in [6, 6.07) is 4.43. The summed E-state index contributed by atoms with van der Waals surface area (Å²) in [5.74, 6) is 0. The number of nitrogens with one attached hydrogen (secondary N) is 1. The lowest BCUT2D eigenvalue weighted by Crippen LogP contribution is -2.55. The van der Waals surface area contributed by atoms with Crippen molar-refractivity contribution in [3.8, 4) is 0 Å². The van der Waals surface area contributed by atoms with E-state index in [4.69, 9.17) is 9.94 Å². The summed E-state index contributed by atoms with van der Waals surface area (Å²) in [5.41, 5.74) is 1.24. The van der Waals surface area contributed by atoms with Gasteiger partial charge in [0.25, 0.3) is 0 Å². The number of aliphatic hydroxyl groups excluding tert-OH is 3. The van der Waals surface area contributed by atoms with Crippen LogP contribution < -0.4 is 10.5 Å². The van der Waals surface area contributed by atoms with E-state index in [9.17, 15) is 20.5 Å². The van der Waals surface area contributed by atoms with Gasteiger partial charge in [0, 0.05) is 5.69 Å². The first-order valence-electron chi connectivity index (χ1n) is 6.09. The first-order chi connectivity index (χ1) is 9.40. The van der Waals surface area contributed by atoms with Gasteiger partial charge in [-0.15, -0.1) is 0 Å². The van der Waals surface area contributed by atoms with Crippen molar-refractivity contribution in [2.45, 2.75) is 31.5 Å². The molecule has 5 N–H and O–H groups in total. The Bertz CT molecular complexity index is 469. The molecule has 1 fully saturated rings. The van der Waals surface area contributed by atoms with E-state index in [0.717, 1.165) is 5.56 Å². The summed E-state index contributed by atoms with van der Waals surface area (Å²) >= 11 is 0. The summed E-state index contributed by atoms with van der Waals surface area (Å²) in [4.78, 5) is 0. The number of nitrogens with zero attached hydrogens (tertiary/aromatic N) is 1. The van der Waals surface area contributed by atoms with Crippen LogP contribution in [-0.2, 0) is 4.74 Å². The average Bonchev–Trinajstić information content (AvgIpc) is 2.41. The summed E-state index contributed by atoms with van der Waals surface area (Å²) < 4.78 is 5.21. The van der Waals surface area contributed by atoms with Crippen LogP contribution in [0.15, 0.2) is 18.2 Å². The van der Waals surface area contributed by atoms with Gasteiger partial charge in [0.15, 0.2) is 6.23 Å². The fraction of sp³-hybridized carbons (Fsp3) is 0.500. The van der Waals surface area contributed by atoms with Crippen LogP contribution in [-0.4, -0.2) is 51.7 Å². The Hall–Kier alpha value is -1.42. The molecule has 1 saturated heterocycles. The third-order valence-electron chi connectivity index (χ3n) is 3.24. The van der Waals surface area contributed by atoms with E-state index in [1.807, 2.05) is 0 Å². The molecule has 112 valence electrons. The molecule has 0 radical (unpaired) electrons. The second kappa shape index (κ2) is 5.92. The van der Waals surface area contributed by atoms with Gasteiger partial charge < -0.3 is 35.8 Å². The van der Waals surface area contributed by atoms with Gasteiger partial charge in [-0.1, -0.05) is 6.07 Å². The first kappa shape index (κ1) is 15.0. The minimum Gasteiger partial charge on any atom is -0.733 e. The summed E-state index contributed by atoms with van der Waals surface area (Å²) in [7, 11) is 0. The second-order valence-corrected chi connectivity index (χ2v) is 4.72. The van der Waals surface area contributed by atoms with Crippen LogP contribution in [0.5, 0.6) is 0 Å². The molecule has 1 heterocycles. The van der Waals surface area contributed by atoms with Crippen LogP contribution in [0.4, 0.5) is 11.4 Å². The molecule has 0 aromatic heterocycles. The minimum absolute atomic E-state index is 0.0176. The highest BCUT2D eigenvalue weighted by molar-refractivity contribution is 5.61. The predicted molar refractivity (Wildman–Crippen MR) is 70.2 cm³/mol. The maximum absolute atomic E-state index is 10.9. The summed E-state index contributed by atoms with van der Waals surface area (Å²) in [6.07, 6.45) is -4.72. The maximum atomic E-state index is 10.9. The molecule has 0 spiro atoms. The van der Waals surface area contributed by atoms with Gasteiger partial charge in [-0.2, -0.15) is 0 Å². The lowest BCUT2D eigenvalue weighted by atomic mass is 10.0. The zero-order valence-electron chi connectivity index (χ0n) is 10.8. The van der Waals surface area contributed by atoms with Crippen molar-refractivity contribution in [3.63, 3.8) is 0 Å². The average molecular weight is 285 g/mol. The lowest BCUT2D eigenvalue weighted by molar-refractivity contribution is -0.178. The highest BCUT2D eigenvalue weighted by Crippen LogP contribution is 2.25. The maximum Gasteiger partial charge on any atom is 0.156 e. The monoisotopic (exact) mass is 285 g/mol.